The molecule has 0 fully saturated rings. The summed E-state index contributed by atoms with van der Waals surface area (Å²) < 4.78 is 0. The van der Waals surface area contributed by atoms with E-state index in [4.69, 9.17) is 11.6 Å². The standard InChI is InChI=1S/C24H21ClN2O2S/c1-3-26(15-17-9-5-4-6-10-17)22-21(20-13-8-14-30-20)23(28)27(24(22)29)19-12-7-11-18(25)16(19)2/h4-14H,3,15H2,1-2H3. The molecule has 0 unspecified atom stereocenters. The molecule has 2 aromatic carbocycles. The van der Waals surface area contributed by atoms with Crippen molar-refractivity contribution in [3.63, 3.8) is 0 Å². The van der Waals surface area contributed by atoms with Gasteiger partial charge in [-0.25, -0.2) is 4.90 Å². The average Bonchev–Trinajstić information content (AvgIpc) is 3.36. The highest BCUT2D eigenvalue weighted by atomic mass is 35.5. The van der Waals surface area contributed by atoms with Gasteiger partial charge in [-0.05, 0) is 48.6 Å². The van der Waals surface area contributed by atoms with Crippen molar-refractivity contribution in [2.75, 3.05) is 11.4 Å². The van der Waals surface area contributed by atoms with Crippen LogP contribution >= 0.6 is 22.9 Å². The minimum atomic E-state index is -0.313. The summed E-state index contributed by atoms with van der Waals surface area (Å²) in [6, 6.07) is 19.0. The Bertz CT molecular complexity index is 1120. The molecule has 0 spiro atoms. The first kappa shape index (κ1) is 20.4. The van der Waals surface area contributed by atoms with Crippen LogP contribution in [0.4, 0.5) is 5.69 Å². The third kappa shape index (κ3) is 3.55. The molecule has 2 heterocycles. The molecule has 1 aromatic heterocycles. The molecule has 0 saturated heterocycles. The van der Waals surface area contributed by atoms with Crippen molar-refractivity contribution in [2.45, 2.75) is 20.4 Å². The normalized spacial score (nSPS) is 14.0. The molecule has 0 aliphatic carbocycles. The first-order chi connectivity index (χ1) is 14.5. The maximum Gasteiger partial charge on any atom is 0.282 e. The molecular weight excluding hydrogens is 416 g/mol. The molecular formula is C24H21ClN2O2S. The summed E-state index contributed by atoms with van der Waals surface area (Å²) in [7, 11) is 0. The predicted octanol–water partition coefficient (Wildman–Crippen LogP) is 5.52. The van der Waals surface area contributed by atoms with Gasteiger partial charge in [-0.1, -0.05) is 54.1 Å². The van der Waals surface area contributed by atoms with E-state index in [1.165, 1.54) is 16.2 Å². The molecule has 152 valence electrons. The summed E-state index contributed by atoms with van der Waals surface area (Å²) in [6.07, 6.45) is 0. The molecule has 1 aliphatic rings. The van der Waals surface area contributed by atoms with Crippen molar-refractivity contribution in [1.29, 1.82) is 0 Å². The Labute approximate surface area is 185 Å². The highest BCUT2D eigenvalue weighted by Gasteiger charge is 2.43. The number of imide groups is 1. The molecule has 0 radical (unpaired) electrons. The highest BCUT2D eigenvalue weighted by Crippen LogP contribution is 2.39. The van der Waals surface area contributed by atoms with Crippen LogP contribution in [-0.2, 0) is 16.1 Å². The average molecular weight is 437 g/mol. The molecule has 0 saturated carbocycles. The maximum absolute atomic E-state index is 13.6. The summed E-state index contributed by atoms with van der Waals surface area (Å²) in [5.41, 5.74) is 3.20. The number of carbonyl (C=O) groups is 2. The van der Waals surface area contributed by atoms with Gasteiger partial charge in [0.25, 0.3) is 11.8 Å². The molecule has 3 aromatic rings. The van der Waals surface area contributed by atoms with Crippen LogP contribution in [0.25, 0.3) is 5.57 Å². The summed E-state index contributed by atoms with van der Waals surface area (Å²) in [4.78, 5) is 31.2. The Kier molecular flexibility index (Phi) is 5.75. The van der Waals surface area contributed by atoms with Crippen LogP contribution in [0.15, 0.2) is 71.7 Å². The number of anilines is 1. The summed E-state index contributed by atoms with van der Waals surface area (Å²) in [5.74, 6) is -0.624. The molecule has 30 heavy (non-hydrogen) atoms. The zero-order chi connectivity index (χ0) is 21.3. The Balaban J connectivity index is 1.83. The Morgan fingerprint density at radius 2 is 1.73 bits per heavy atom. The lowest BCUT2D eigenvalue weighted by atomic mass is 10.1. The Hall–Kier alpha value is -2.89. The summed E-state index contributed by atoms with van der Waals surface area (Å²) in [6.45, 7) is 4.96. The van der Waals surface area contributed by atoms with Crippen LogP contribution in [0, 0.1) is 6.92 Å². The molecule has 6 heteroatoms. The molecule has 2 amide bonds. The smallest absolute Gasteiger partial charge is 0.282 e. The largest absolute Gasteiger partial charge is 0.362 e. The van der Waals surface area contributed by atoms with Crippen molar-refractivity contribution in [1.82, 2.24) is 4.90 Å². The van der Waals surface area contributed by atoms with Gasteiger partial charge < -0.3 is 4.90 Å². The second-order valence-corrected chi connectivity index (χ2v) is 8.39. The van der Waals surface area contributed by atoms with E-state index < -0.39 is 0 Å². The number of hydrogen-bond acceptors (Lipinski definition) is 4. The van der Waals surface area contributed by atoms with Crippen molar-refractivity contribution < 1.29 is 9.59 Å². The van der Waals surface area contributed by atoms with E-state index in [9.17, 15) is 9.59 Å². The Morgan fingerprint density at radius 1 is 0.967 bits per heavy atom. The van der Waals surface area contributed by atoms with Gasteiger partial charge >= 0.3 is 0 Å². The number of rotatable bonds is 6. The van der Waals surface area contributed by atoms with Gasteiger partial charge in [-0.15, -0.1) is 11.3 Å². The van der Waals surface area contributed by atoms with Gasteiger partial charge in [0, 0.05) is 23.0 Å². The highest BCUT2D eigenvalue weighted by molar-refractivity contribution is 7.11. The van der Waals surface area contributed by atoms with Crippen LogP contribution < -0.4 is 4.90 Å². The summed E-state index contributed by atoms with van der Waals surface area (Å²) in [5, 5.41) is 2.44. The Morgan fingerprint density at radius 3 is 2.40 bits per heavy atom. The molecule has 1 aliphatic heterocycles. The van der Waals surface area contributed by atoms with Gasteiger partial charge in [-0.3, -0.25) is 9.59 Å². The van der Waals surface area contributed by atoms with E-state index in [1.807, 2.05) is 66.6 Å². The number of benzene rings is 2. The van der Waals surface area contributed by atoms with E-state index in [-0.39, 0.29) is 11.8 Å². The molecule has 4 rings (SSSR count). The number of carbonyl (C=O) groups excluding carboxylic acids is 2. The van der Waals surface area contributed by atoms with Gasteiger partial charge in [0.1, 0.15) is 5.70 Å². The third-order valence-corrected chi connectivity index (χ3v) is 6.52. The minimum Gasteiger partial charge on any atom is -0.362 e. The summed E-state index contributed by atoms with van der Waals surface area (Å²) >= 11 is 7.74. The van der Waals surface area contributed by atoms with Gasteiger partial charge in [-0.2, -0.15) is 0 Å². The van der Waals surface area contributed by atoms with Crippen molar-refractivity contribution in [2.24, 2.45) is 0 Å². The lowest BCUT2D eigenvalue weighted by molar-refractivity contribution is -0.120. The molecule has 4 nitrogen and oxygen atoms in total. The van der Waals surface area contributed by atoms with E-state index in [1.54, 1.807) is 18.2 Å². The lowest BCUT2D eigenvalue weighted by Crippen LogP contribution is -2.35. The van der Waals surface area contributed by atoms with Crippen LogP contribution in [0.3, 0.4) is 0 Å². The van der Waals surface area contributed by atoms with E-state index in [0.717, 1.165) is 10.4 Å². The fourth-order valence-electron chi connectivity index (χ4n) is 3.66. The van der Waals surface area contributed by atoms with E-state index >= 15 is 0 Å². The van der Waals surface area contributed by atoms with Crippen molar-refractivity contribution >= 4 is 46.0 Å². The minimum absolute atomic E-state index is 0.311. The topological polar surface area (TPSA) is 40.6 Å². The lowest BCUT2D eigenvalue weighted by Gasteiger charge is -2.25. The molecule has 0 bridgehead atoms. The number of thiophene rings is 1. The first-order valence-electron chi connectivity index (χ1n) is 9.73. The van der Waals surface area contributed by atoms with Crippen molar-refractivity contribution in [3.05, 3.63) is 92.8 Å². The molecule has 0 N–H and O–H groups in total. The van der Waals surface area contributed by atoms with E-state index in [2.05, 4.69) is 0 Å². The second kappa shape index (κ2) is 8.46. The number of nitrogens with zero attached hydrogens (tertiary/aromatic N) is 2. The number of likely N-dealkylation sites (N-methyl/N-ethyl adjacent to an activating group) is 1. The van der Waals surface area contributed by atoms with Gasteiger partial charge in [0.2, 0.25) is 0 Å². The SMILES string of the molecule is CCN(Cc1ccccc1)C1=C(c2cccs2)C(=O)N(c2cccc(Cl)c2C)C1=O. The van der Waals surface area contributed by atoms with Crippen LogP contribution in [0.5, 0.6) is 0 Å². The van der Waals surface area contributed by atoms with Gasteiger partial charge in [0.05, 0.1) is 11.3 Å². The van der Waals surface area contributed by atoms with Crippen molar-refractivity contribution in [3.8, 4) is 0 Å². The number of hydrogen-bond donors (Lipinski definition) is 0. The van der Waals surface area contributed by atoms with Crippen LogP contribution in [0.2, 0.25) is 5.02 Å². The molecule has 0 atom stereocenters. The predicted molar refractivity (Wildman–Crippen MR) is 122 cm³/mol. The fourth-order valence-corrected chi connectivity index (χ4v) is 4.60. The van der Waals surface area contributed by atoms with E-state index in [0.29, 0.717) is 40.6 Å². The zero-order valence-electron chi connectivity index (χ0n) is 16.8. The third-order valence-electron chi connectivity index (χ3n) is 5.22. The van der Waals surface area contributed by atoms with Crippen LogP contribution in [0.1, 0.15) is 22.9 Å². The fraction of sp³-hybridized carbons (Fsp3) is 0.167. The second-order valence-electron chi connectivity index (χ2n) is 7.03. The quantitative estimate of drug-likeness (QED) is 0.478. The zero-order valence-corrected chi connectivity index (χ0v) is 18.3. The number of amides is 2. The maximum atomic E-state index is 13.6. The monoisotopic (exact) mass is 436 g/mol. The van der Waals surface area contributed by atoms with Crippen LogP contribution in [-0.4, -0.2) is 23.3 Å². The van der Waals surface area contributed by atoms with Gasteiger partial charge in [0.15, 0.2) is 0 Å². The first-order valence-corrected chi connectivity index (χ1v) is 11.0. The number of halogens is 1.